The molecule has 0 radical (unpaired) electrons. The molecule has 0 spiro atoms. The third-order valence-electron chi connectivity index (χ3n) is 7.92. The Balaban J connectivity index is 1.46. The second-order valence-electron chi connectivity index (χ2n) is 11.3. The number of hydrogen-bond acceptors (Lipinski definition) is 8. The first-order valence-corrected chi connectivity index (χ1v) is 17.9. The number of likely N-dealkylation sites (tertiary alicyclic amines) is 1. The molecule has 43 heavy (non-hydrogen) atoms. The molecule has 0 aromatic heterocycles. The lowest BCUT2D eigenvalue weighted by Gasteiger charge is -2.30. The first kappa shape index (κ1) is 34.0. The normalized spacial score (nSPS) is 23.7. The smallest absolute Gasteiger partial charge is 0.242 e. The van der Waals surface area contributed by atoms with E-state index in [1.54, 1.807) is 18.2 Å². The van der Waals surface area contributed by atoms with E-state index in [0.29, 0.717) is 46.7 Å². The number of ether oxygens (including phenoxy) is 1. The SMILES string of the molecule is CS(=O)(=O)N[C@H](CCC1CCNCC1)C(=O)N1C[C@H](OCc2ccc(Cl)c(Cl)c2)C[C@H]1C(=O)NCC1CC=C(C(=N)N)S1. The van der Waals surface area contributed by atoms with Gasteiger partial charge < -0.3 is 26.0 Å². The highest BCUT2D eigenvalue weighted by Crippen LogP contribution is 2.32. The summed E-state index contributed by atoms with van der Waals surface area (Å²) in [5.74, 6) is -0.365. The van der Waals surface area contributed by atoms with E-state index in [2.05, 4.69) is 15.4 Å². The average molecular weight is 676 g/mol. The lowest BCUT2D eigenvalue weighted by Crippen LogP contribution is -2.54. The zero-order valence-corrected chi connectivity index (χ0v) is 27.3. The van der Waals surface area contributed by atoms with Gasteiger partial charge in [-0.1, -0.05) is 35.3 Å². The third-order valence-corrected chi connectivity index (χ3v) is 10.7. The Hall–Kier alpha value is -1.87. The van der Waals surface area contributed by atoms with Crippen molar-refractivity contribution < 1.29 is 22.7 Å². The number of rotatable bonds is 13. The van der Waals surface area contributed by atoms with Gasteiger partial charge in [-0.25, -0.2) is 13.1 Å². The standard InChI is InChI=1S/C28H40Cl2N6O5S2/c1-43(39,40)35-23(6-3-17-8-10-33-11-9-17)28(38)36-15-19(41-16-18-2-5-21(29)22(30)12-18)13-24(36)27(37)34-14-20-4-7-25(42-20)26(31)32/h2,5,7,12,17,19-20,23-24,33,35H,3-4,6,8-11,13-16H2,1H3,(H3,31,32)(H,34,37)/t19-,20?,23-,24+/m1/s1. The number of sulfonamides is 1. The molecule has 4 atom stereocenters. The molecule has 3 heterocycles. The Morgan fingerprint density at radius 3 is 2.65 bits per heavy atom. The van der Waals surface area contributed by atoms with Crippen molar-refractivity contribution in [1.29, 1.82) is 5.41 Å². The summed E-state index contributed by atoms with van der Waals surface area (Å²) in [4.78, 5) is 29.6. The van der Waals surface area contributed by atoms with Crippen molar-refractivity contribution >= 4 is 62.6 Å². The fourth-order valence-corrected chi connectivity index (χ4v) is 7.76. The van der Waals surface area contributed by atoms with E-state index < -0.39 is 34.1 Å². The van der Waals surface area contributed by atoms with Gasteiger partial charge in [0.25, 0.3) is 0 Å². The van der Waals surface area contributed by atoms with Crippen molar-refractivity contribution in [2.45, 2.75) is 68.6 Å². The molecule has 1 aromatic rings. The van der Waals surface area contributed by atoms with Crippen molar-refractivity contribution in [3.63, 3.8) is 0 Å². The largest absolute Gasteiger partial charge is 0.383 e. The number of nitrogens with one attached hydrogen (secondary N) is 4. The topological polar surface area (TPSA) is 167 Å². The van der Waals surface area contributed by atoms with E-state index in [1.165, 1.54) is 16.7 Å². The van der Waals surface area contributed by atoms with Crippen LogP contribution in [-0.4, -0.2) is 86.8 Å². The van der Waals surface area contributed by atoms with Gasteiger partial charge in [0.2, 0.25) is 21.8 Å². The van der Waals surface area contributed by atoms with Crippen molar-refractivity contribution in [3.8, 4) is 0 Å². The molecule has 15 heteroatoms. The molecule has 3 aliphatic heterocycles. The molecule has 0 bridgehead atoms. The van der Waals surface area contributed by atoms with Crippen molar-refractivity contribution in [3.05, 3.63) is 44.8 Å². The minimum Gasteiger partial charge on any atom is -0.383 e. The predicted molar refractivity (Wildman–Crippen MR) is 171 cm³/mol. The van der Waals surface area contributed by atoms with Gasteiger partial charge in [0.15, 0.2) is 0 Å². The fraction of sp³-hybridized carbons (Fsp3) is 0.607. The van der Waals surface area contributed by atoms with E-state index in [4.69, 9.17) is 39.1 Å². The highest BCUT2D eigenvalue weighted by molar-refractivity contribution is 8.04. The van der Waals surface area contributed by atoms with Gasteiger partial charge in [-0.15, -0.1) is 11.8 Å². The Bertz CT molecular complexity index is 1320. The second-order valence-corrected chi connectivity index (χ2v) is 15.3. The van der Waals surface area contributed by atoms with Crippen molar-refractivity contribution in [2.24, 2.45) is 11.7 Å². The van der Waals surface area contributed by atoms with Crippen LogP contribution in [0.15, 0.2) is 29.2 Å². The number of benzene rings is 1. The van der Waals surface area contributed by atoms with Crippen LogP contribution >= 0.6 is 35.0 Å². The quantitative estimate of drug-likeness (QED) is 0.157. The molecule has 3 aliphatic rings. The number of piperidine rings is 1. The third kappa shape index (κ3) is 10.1. The number of carbonyl (C=O) groups excluding carboxylic acids is 2. The first-order chi connectivity index (χ1) is 20.4. The molecule has 0 aliphatic carbocycles. The number of nitrogens with two attached hydrogens (primary N) is 1. The lowest BCUT2D eigenvalue weighted by molar-refractivity contribution is -0.140. The highest BCUT2D eigenvalue weighted by atomic mass is 35.5. The molecule has 1 unspecified atom stereocenters. The maximum Gasteiger partial charge on any atom is 0.242 e. The number of amides is 2. The zero-order valence-electron chi connectivity index (χ0n) is 24.1. The van der Waals surface area contributed by atoms with Crippen LogP contribution in [-0.2, 0) is 31.0 Å². The summed E-state index contributed by atoms with van der Waals surface area (Å²) in [5.41, 5.74) is 6.39. The van der Waals surface area contributed by atoms with Crippen LogP contribution in [0, 0.1) is 11.3 Å². The van der Waals surface area contributed by atoms with E-state index in [1.807, 2.05) is 6.08 Å². The number of hydrogen-bond donors (Lipinski definition) is 5. The molecule has 0 saturated carbocycles. The lowest BCUT2D eigenvalue weighted by atomic mass is 9.91. The predicted octanol–water partition coefficient (Wildman–Crippen LogP) is 2.62. The van der Waals surface area contributed by atoms with Crippen LogP contribution < -0.4 is 21.1 Å². The van der Waals surface area contributed by atoms with E-state index in [-0.39, 0.29) is 36.6 Å². The van der Waals surface area contributed by atoms with Crippen LogP contribution in [0.25, 0.3) is 0 Å². The summed E-state index contributed by atoms with van der Waals surface area (Å²) in [6.45, 7) is 2.49. The Morgan fingerprint density at radius 1 is 1.26 bits per heavy atom. The maximum absolute atomic E-state index is 14.0. The van der Waals surface area contributed by atoms with Gasteiger partial charge in [0.1, 0.15) is 17.9 Å². The van der Waals surface area contributed by atoms with Gasteiger partial charge in [-0.2, -0.15) is 0 Å². The molecule has 238 valence electrons. The van der Waals surface area contributed by atoms with Crippen LogP contribution in [0.3, 0.4) is 0 Å². The van der Waals surface area contributed by atoms with Crippen LogP contribution in [0.4, 0.5) is 0 Å². The number of allylic oxidation sites excluding steroid dienone is 1. The minimum absolute atomic E-state index is 0.00210. The van der Waals surface area contributed by atoms with Crippen LogP contribution in [0.5, 0.6) is 0 Å². The molecule has 1 aromatic carbocycles. The van der Waals surface area contributed by atoms with Crippen LogP contribution in [0.1, 0.15) is 44.1 Å². The Morgan fingerprint density at radius 2 is 2.00 bits per heavy atom. The first-order valence-electron chi connectivity index (χ1n) is 14.4. The molecular formula is C28H40Cl2N6O5S2. The van der Waals surface area contributed by atoms with Gasteiger partial charge in [-0.3, -0.25) is 15.0 Å². The number of nitrogens with zero attached hydrogens (tertiary/aromatic N) is 1. The molecule has 2 fully saturated rings. The molecule has 4 rings (SSSR count). The number of amidine groups is 1. The molecule has 2 saturated heterocycles. The fourth-order valence-electron chi connectivity index (χ4n) is 5.66. The molecule has 2 amide bonds. The molecular weight excluding hydrogens is 635 g/mol. The minimum atomic E-state index is -3.69. The summed E-state index contributed by atoms with van der Waals surface area (Å²) < 4.78 is 33.2. The summed E-state index contributed by atoms with van der Waals surface area (Å²) in [7, 11) is -3.69. The van der Waals surface area contributed by atoms with Crippen molar-refractivity contribution in [1.82, 2.24) is 20.3 Å². The zero-order chi connectivity index (χ0) is 31.1. The van der Waals surface area contributed by atoms with Crippen LogP contribution in [0.2, 0.25) is 10.0 Å². The Kier molecular flexibility index (Phi) is 12.2. The van der Waals surface area contributed by atoms with Gasteiger partial charge in [0.05, 0.1) is 29.0 Å². The Labute approximate surface area is 267 Å². The molecule has 6 N–H and O–H groups in total. The van der Waals surface area contributed by atoms with Gasteiger partial charge in [0, 0.05) is 29.7 Å². The summed E-state index contributed by atoms with van der Waals surface area (Å²) in [6, 6.07) is 3.37. The van der Waals surface area contributed by atoms with Crippen molar-refractivity contribution in [2.75, 3.05) is 32.4 Å². The second kappa shape index (κ2) is 15.4. The number of carbonyl (C=O) groups is 2. The van der Waals surface area contributed by atoms with E-state index >= 15 is 0 Å². The summed E-state index contributed by atoms with van der Waals surface area (Å²) in [5, 5.41) is 14.8. The number of halogens is 2. The van der Waals surface area contributed by atoms with E-state index in [9.17, 15) is 18.0 Å². The summed E-state index contributed by atoms with van der Waals surface area (Å²) in [6.07, 6.45) is 6.37. The van der Waals surface area contributed by atoms with Gasteiger partial charge in [-0.05, 0) is 68.8 Å². The van der Waals surface area contributed by atoms with Gasteiger partial charge >= 0.3 is 0 Å². The van der Waals surface area contributed by atoms with E-state index in [0.717, 1.165) is 37.8 Å². The number of thioether (sulfide) groups is 1. The average Bonchev–Trinajstić information content (AvgIpc) is 3.62. The highest BCUT2D eigenvalue weighted by Gasteiger charge is 2.43. The maximum atomic E-state index is 14.0. The molecule has 11 nitrogen and oxygen atoms in total. The monoisotopic (exact) mass is 674 g/mol. The summed E-state index contributed by atoms with van der Waals surface area (Å²) >= 11 is 13.6.